The van der Waals surface area contributed by atoms with Crippen molar-refractivity contribution in [1.82, 2.24) is 4.98 Å². The highest BCUT2D eigenvalue weighted by Gasteiger charge is 2.52. The average molecular weight is 365 g/mol. The fraction of sp³-hybridized carbons (Fsp3) is 0.333. The molecule has 0 aliphatic carbocycles. The van der Waals surface area contributed by atoms with Crippen LogP contribution >= 0.6 is 12.6 Å². The molecule has 0 spiro atoms. The van der Waals surface area contributed by atoms with Crippen LogP contribution in [0.4, 0.5) is 0 Å². The highest BCUT2D eigenvalue weighted by molar-refractivity contribution is 7.80. The first-order chi connectivity index (χ1) is 12.3. The molecule has 1 aromatic heterocycles. The van der Waals surface area contributed by atoms with Gasteiger partial charge in [0.1, 0.15) is 0 Å². The number of hydrogen-bond donors (Lipinski definition) is 2. The van der Waals surface area contributed by atoms with Gasteiger partial charge < -0.3 is 14.3 Å². The molecule has 1 aliphatic heterocycles. The molecule has 1 fully saturated rings. The standard InChI is InChI=1S/C21H24BNO2S/c1-20(2)21(3,4)25-22(24-20)15(13-26)11-14-9-10-19-17(12-14)16-7-5-6-8-18(16)23-19/h5-12,23,26H,13H2,1-4H3. The molecule has 3 aromatic rings. The number of benzene rings is 2. The second kappa shape index (κ2) is 6.19. The number of aromatic nitrogens is 1. The molecule has 0 radical (unpaired) electrons. The molecule has 0 amide bonds. The number of fused-ring (bicyclic) bond motifs is 3. The van der Waals surface area contributed by atoms with Crippen LogP contribution in [0.15, 0.2) is 47.9 Å². The van der Waals surface area contributed by atoms with Crippen molar-refractivity contribution in [2.45, 2.75) is 38.9 Å². The molecule has 5 heteroatoms. The second-order valence-corrected chi connectivity index (χ2v) is 8.26. The molecule has 0 atom stereocenters. The topological polar surface area (TPSA) is 34.2 Å². The van der Waals surface area contributed by atoms with Crippen molar-refractivity contribution < 1.29 is 9.31 Å². The first kappa shape index (κ1) is 17.7. The van der Waals surface area contributed by atoms with E-state index in [1.54, 1.807) is 0 Å². The normalized spacial score (nSPS) is 19.6. The van der Waals surface area contributed by atoms with Gasteiger partial charge in [-0.1, -0.05) is 30.3 Å². The Morgan fingerprint density at radius 3 is 2.35 bits per heavy atom. The van der Waals surface area contributed by atoms with Crippen LogP contribution in [0.3, 0.4) is 0 Å². The summed E-state index contributed by atoms with van der Waals surface area (Å²) in [5.41, 5.74) is 3.77. The Morgan fingerprint density at radius 2 is 1.65 bits per heavy atom. The maximum atomic E-state index is 6.19. The molecule has 134 valence electrons. The summed E-state index contributed by atoms with van der Waals surface area (Å²) in [6.45, 7) is 8.28. The third-order valence-electron chi connectivity index (χ3n) is 5.62. The number of hydrogen-bond acceptors (Lipinski definition) is 3. The maximum Gasteiger partial charge on any atom is 0.491 e. The summed E-state index contributed by atoms with van der Waals surface area (Å²) >= 11 is 4.52. The predicted octanol–water partition coefficient (Wildman–Crippen LogP) is 5.27. The predicted molar refractivity (Wildman–Crippen MR) is 114 cm³/mol. The van der Waals surface area contributed by atoms with E-state index < -0.39 is 0 Å². The van der Waals surface area contributed by atoms with E-state index in [1.165, 1.54) is 10.8 Å². The van der Waals surface area contributed by atoms with Crippen LogP contribution in [-0.4, -0.2) is 29.1 Å². The van der Waals surface area contributed by atoms with E-state index in [0.717, 1.165) is 22.1 Å². The van der Waals surface area contributed by atoms with Crippen LogP contribution < -0.4 is 0 Å². The van der Waals surface area contributed by atoms with Gasteiger partial charge in [-0.05, 0) is 56.9 Å². The number of aromatic amines is 1. The summed E-state index contributed by atoms with van der Waals surface area (Å²) in [6.07, 6.45) is 2.14. The van der Waals surface area contributed by atoms with Crippen molar-refractivity contribution >= 4 is 47.6 Å². The maximum absolute atomic E-state index is 6.19. The first-order valence-corrected chi connectivity index (χ1v) is 9.61. The van der Waals surface area contributed by atoms with Crippen molar-refractivity contribution in [3.63, 3.8) is 0 Å². The summed E-state index contributed by atoms with van der Waals surface area (Å²) in [6, 6.07) is 14.8. The molecule has 0 saturated carbocycles. The lowest BCUT2D eigenvalue weighted by Gasteiger charge is -2.32. The Kier molecular flexibility index (Phi) is 4.22. The SMILES string of the molecule is CC1(C)OB(C(=Cc2ccc3[nH]c4ccccc4c3c2)CS)OC1(C)C. The van der Waals surface area contributed by atoms with Gasteiger partial charge in [0, 0.05) is 27.6 Å². The zero-order valence-electron chi connectivity index (χ0n) is 15.7. The highest BCUT2D eigenvalue weighted by atomic mass is 32.1. The first-order valence-electron chi connectivity index (χ1n) is 8.98. The summed E-state index contributed by atoms with van der Waals surface area (Å²) in [4.78, 5) is 3.46. The molecule has 2 heterocycles. The number of thiol groups is 1. The fourth-order valence-corrected chi connectivity index (χ4v) is 3.59. The van der Waals surface area contributed by atoms with Crippen LogP contribution in [0.25, 0.3) is 27.9 Å². The molecule has 1 saturated heterocycles. The van der Waals surface area contributed by atoms with Gasteiger partial charge in [-0.25, -0.2) is 0 Å². The summed E-state index contributed by atoms with van der Waals surface area (Å²) in [5, 5.41) is 2.46. The van der Waals surface area contributed by atoms with E-state index in [4.69, 9.17) is 9.31 Å². The fourth-order valence-electron chi connectivity index (χ4n) is 3.35. The third-order valence-corrected chi connectivity index (χ3v) is 5.99. The summed E-state index contributed by atoms with van der Waals surface area (Å²) in [5.74, 6) is 0.586. The van der Waals surface area contributed by atoms with E-state index in [1.807, 2.05) is 0 Å². The molecule has 4 rings (SSSR count). The zero-order chi connectivity index (χ0) is 18.5. The van der Waals surface area contributed by atoms with Gasteiger partial charge >= 0.3 is 7.12 Å². The molecule has 0 unspecified atom stereocenters. The van der Waals surface area contributed by atoms with Crippen LogP contribution in [0, 0.1) is 0 Å². The van der Waals surface area contributed by atoms with E-state index in [2.05, 4.69) is 93.8 Å². The Balaban J connectivity index is 1.73. The molecule has 0 bridgehead atoms. The van der Waals surface area contributed by atoms with Gasteiger partial charge in [-0.3, -0.25) is 0 Å². The van der Waals surface area contributed by atoms with Crippen LogP contribution in [-0.2, 0) is 9.31 Å². The molecule has 2 aromatic carbocycles. The third kappa shape index (κ3) is 2.88. The van der Waals surface area contributed by atoms with Gasteiger partial charge in [0.25, 0.3) is 0 Å². The minimum absolute atomic E-state index is 0.347. The number of H-pyrrole nitrogens is 1. The lowest BCUT2D eigenvalue weighted by molar-refractivity contribution is 0.00578. The number of nitrogens with one attached hydrogen (secondary N) is 1. The zero-order valence-corrected chi connectivity index (χ0v) is 16.6. The Hall–Kier alpha value is -1.69. The minimum atomic E-state index is -0.365. The lowest BCUT2D eigenvalue weighted by atomic mass is 9.78. The van der Waals surface area contributed by atoms with Crippen molar-refractivity contribution in [2.24, 2.45) is 0 Å². The quantitative estimate of drug-likeness (QED) is 0.490. The Morgan fingerprint density at radius 1 is 1.00 bits per heavy atom. The molecule has 1 N–H and O–H groups in total. The van der Waals surface area contributed by atoms with Crippen molar-refractivity contribution in [3.8, 4) is 0 Å². The Bertz CT molecular complexity index is 990. The van der Waals surface area contributed by atoms with Gasteiger partial charge in [0.15, 0.2) is 0 Å². The van der Waals surface area contributed by atoms with Crippen molar-refractivity contribution in [1.29, 1.82) is 0 Å². The minimum Gasteiger partial charge on any atom is -0.400 e. The molecular formula is C21H24BNO2S. The van der Waals surface area contributed by atoms with Gasteiger partial charge in [0.05, 0.1) is 11.2 Å². The van der Waals surface area contributed by atoms with E-state index in [9.17, 15) is 0 Å². The molecule has 26 heavy (non-hydrogen) atoms. The second-order valence-electron chi connectivity index (χ2n) is 7.94. The average Bonchev–Trinajstić information content (AvgIpc) is 3.06. The van der Waals surface area contributed by atoms with Crippen LogP contribution in [0.5, 0.6) is 0 Å². The van der Waals surface area contributed by atoms with Crippen LogP contribution in [0.2, 0.25) is 0 Å². The van der Waals surface area contributed by atoms with E-state index in [-0.39, 0.29) is 18.3 Å². The number of rotatable bonds is 3. The lowest BCUT2D eigenvalue weighted by Crippen LogP contribution is -2.41. The van der Waals surface area contributed by atoms with Gasteiger partial charge in [-0.15, -0.1) is 0 Å². The van der Waals surface area contributed by atoms with Gasteiger partial charge in [-0.2, -0.15) is 12.6 Å². The highest BCUT2D eigenvalue weighted by Crippen LogP contribution is 2.39. The van der Waals surface area contributed by atoms with E-state index >= 15 is 0 Å². The number of para-hydroxylation sites is 1. The molecule has 1 aliphatic rings. The summed E-state index contributed by atoms with van der Waals surface area (Å²) < 4.78 is 12.4. The molecular weight excluding hydrogens is 341 g/mol. The smallest absolute Gasteiger partial charge is 0.400 e. The van der Waals surface area contributed by atoms with Gasteiger partial charge in [0.2, 0.25) is 0 Å². The monoisotopic (exact) mass is 365 g/mol. The Labute approximate surface area is 160 Å². The van der Waals surface area contributed by atoms with Crippen LogP contribution in [0.1, 0.15) is 33.3 Å². The largest absolute Gasteiger partial charge is 0.491 e. The van der Waals surface area contributed by atoms with Crippen molar-refractivity contribution in [2.75, 3.05) is 5.75 Å². The summed E-state index contributed by atoms with van der Waals surface area (Å²) in [7, 11) is -0.365. The van der Waals surface area contributed by atoms with Crippen molar-refractivity contribution in [3.05, 3.63) is 53.5 Å². The molecule has 3 nitrogen and oxygen atoms in total. The van der Waals surface area contributed by atoms with E-state index in [0.29, 0.717) is 5.75 Å².